The predicted molar refractivity (Wildman–Crippen MR) is 107 cm³/mol. The number of aromatic nitrogens is 1. The molecule has 0 unspecified atom stereocenters. The van der Waals surface area contributed by atoms with Crippen LogP contribution < -0.4 is 10.2 Å². The summed E-state index contributed by atoms with van der Waals surface area (Å²) in [6.45, 7) is 4.11. The highest BCUT2D eigenvalue weighted by Gasteiger charge is 2.18. The number of likely N-dealkylation sites (N-methyl/N-ethyl adjacent to an activating group) is 1. The van der Waals surface area contributed by atoms with E-state index >= 15 is 0 Å². The van der Waals surface area contributed by atoms with Crippen LogP contribution in [0.1, 0.15) is 9.67 Å². The first-order chi connectivity index (χ1) is 12.1. The zero-order chi connectivity index (χ0) is 17.4. The fourth-order valence-corrected chi connectivity index (χ4v) is 4.69. The summed E-state index contributed by atoms with van der Waals surface area (Å²) in [5, 5.41) is 3.97. The summed E-state index contributed by atoms with van der Waals surface area (Å²) in [5.41, 5.74) is 1.66. The van der Waals surface area contributed by atoms with Crippen molar-refractivity contribution in [2.24, 2.45) is 0 Å². The summed E-state index contributed by atoms with van der Waals surface area (Å²) in [4.78, 5) is 22.3. The third kappa shape index (κ3) is 3.64. The van der Waals surface area contributed by atoms with Gasteiger partial charge in [0.05, 0.1) is 19.4 Å². The summed E-state index contributed by atoms with van der Waals surface area (Å²) in [7, 11) is 2.14. The van der Waals surface area contributed by atoms with Crippen molar-refractivity contribution in [1.29, 1.82) is 0 Å². The number of benzene rings is 1. The second kappa shape index (κ2) is 6.92. The molecule has 0 aliphatic carbocycles. The van der Waals surface area contributed by atoms with Crippen molar-refractivity contribution in [3.05, 3.63) is 39.5 Å². The number of fused-ring (bicyclic) bond motifs is 1. The Morgan fingerprint density at radius 2 is 1.96 bits per heavy atom. The van der Waals surface area contributed by atoms with E-state index in [0.717, 1.165) is 47.2 Å². The molecular formula is C17H17ClN4OS2. The molecule has 1 aliphatic rings. The van der Waals surface area contributed by atoms with E-state index in [2.05, 4.69) is 22.2 Å². The van der Waals surface area contributed by atoms with Gasteiger partial charge in [-0.2, -0.15) is 0 Å². The minimum Gasteiger partial charge on any atom is -0.345 e. The molecule has 1 N–H and O–H groups in total. The Morgan fingerprint density at radius 1 is 1.16 bits per heavy atom. The van der Waals surface area contributed by atoms with Crippen LogP contribution in [-0.4, -0.2) is 49.0 Å². The van der Waals surface area contributed by atoms with Gasteiger partial charge in [-0.05, 0) is 37.4 Å². The number of anilines is 2. The van der Waals surface area contributed by atoms with Crippen LogP contribution in [0.25, 0.3) is 10.2 Å². The van der Waals surface area contributed by atoms with Crippen LogP contribution in [0.2, 0.25) is 4.34 Å². The van der Waals surface area contributed by atoms with E-state index in [9.17, 15) is 4.79 Å². The second-order valence-corrected chi connectivity index (χ2v) is 8.75. The summed E-state index contributed by atoms with van der Waals surface area (Å²) >= 11 is 8.86. The van der Waals surface area contributed by atoms with Crippen LogP contribution in [-0.2, 0) is 0 Å². The predicted octanol–water partition coefficient (Wildman–Crippen LogP) is 4.02. The maximum atomic E-state index is 12.3. The van der Waals surface area contributed by atoms with Gasteiger partial charge in [-0.15, -0.1) is 11.3 Å². The number of thiazole rings is 1. The lowest BCUT2D eigenvalue weighted by Crippen LogP contribution is -2.44. The standard InChI is InChI=1S/C17H17ClN4OS2/c1-21-6-8-22(9-7-21)17-20-12-10-11(2-3-13(12)25-17)19-16(23)14-4-5-15(18)24-14/h2-5,10H,6-9H2,1H3,(H,19,23). The number of hydrogen-bond acceptors (Lipinski definition) is 6. The lowest BCUT2D eigenvalue weighted by atomic mass is 10.3. The molecule has 1 amide bonds. The SMILES string of the molecule is CN1CCN(c2nc3cc(NC(=O)c4ccc(Cl)s4)ccc3s2)CC1. The van der Waals surface area contributed by atoms with Crippen LogP contribution in [0.4, 0.5) is 10.8 Å². The zero-order valence-electron chi connectivity index (χ0n) is 13.7. The van der Waals surface area contributed by atoms with Gasteiger partial charge in [0, 0.05) is 31.9 Å². The highest BCUT2D eigenvalue weighted by Crippen LogP contribution is 2.31. The van der Waals surface area contributed by atoms with Crippen molar-refractivity contribution < 1.29 is 4.79 Å². The van der Waals surface area contributed by atoms with Crippen molar-refractivity contribution >= 4 is 61.2 Å². The van der Waals surface area contributed by atoms with Gasteiger partial charge in [-0.1, -0.05) is 22.9 Å². The molecule has 3 aromatic rings. The second-order valence-electron chi connectivity index (χ2n) is 6.03. The van der Waals surface area contributed by atoms with Crippen LogP contribution in [0.15, 0.2) is 30.3 Å². The van der Waals surface area contributed by atoms with Gasteiger partial charge in [0.15, 0.2) is 5.13 Å². The molecule has 1 fully saturated rings. The molecule has 1 aromatic carbocycles. The number of amides is 1. The molecule has 1 saturated heterocycles. The third-order valence-electron chi connectivity index (χ3n) is 4.20. The number of nitrogens with zero attached hydrogens (tertiary/aromatic N) is 3. The van der Waals surface area contributed by atoms with Crippen molar-refractivity contribution in [1.82, 2.24) is 9.88 Å². The first kappa shape index (κ1) is 16.8. The molecular weight excluding hydrogens is 376 g/mol. The highest BCUT2D eigenvalue weighted by atomic mass is 35.5. The maximum absolute atomic E-state index is 12.3. The van der Waals surface area contributed by atoms with E-state index in [1.54, 1.807) is 23.5 Å². The van der Waals surface area contributed by atoms with E-state index in [1.165, 1.54) is 11.3 Å². The average Bonchev–Trinajstić information content (AvgIpc) is 3.21. The number of rotatable bonds is 3. The molecule has 0 radical (unpaired) electrons. The van der Waals surface area contributed by atoms with Crippen molar-refractivity contribution in [2.75, 3.05) is 43.4 Å². The minimum atomic E-state index is -0.147. The number of nitrogens with one attached hydrogen (secondary N) is 1. The first-order valence-electron chi connectivity index (χ1n) is 7.99. The van der Waals surface area contributed by atoms with Crippen LogP contribution in [0.3, 0.4) is 0 Å². The summed E-state index contributed by atoms with van der Waals surface area (Å²) in [5.74, 6) is -0.147. The van der Waals surface area contributed by atoms with Gasteiger partial charge in [-0.25, -0.2) is 4.98 Å². The van der Waals surface area contributed by atoms with E-state index in [0.29, 0.717) is 9.21 Å². The van der Waals surface area contributed by atoms with Crippen molar-refractivity contribution in [3.8, 4) is 0 Å². The monoisotopic (exact) mass is 392 g/mol. The lowest BCUT2D eigenvalue weighted by Gasteiger charge is -2.32. The maximum Gasteiger partial charge on any atom is 0.265 e. The largest absolute Gasteiger partial charge is 0.345 e. The van der Waals surface area contributed by atoms with E-state index in [1.807, 2.05) is 18.2 Å². The smallest absolute Gasteiger partial charge is 0.265 e. The molecule has 4 rings (SSSR count). The van der Waals surface area contributed by atoms with Gasteiger partial charge >= 0.3 is 0 Å². The summed E-state index contributed by atoms with van der Waals surface area (Å²) in [6, 6.07) is 9.33. The van der Waals surface area contributed by atoms with E-state index < -0.39 is 0 Å². The van der Waals surface area contributed by atoms with Gasteiger partial charge in [0.1, 0.15) is 0 Å². The quantitative estimate of drug-likeness (QED) is 0.731. The number of carbonyl (C=O) groups excluding carboxylic acids is 1. The third-order valence-corrected chi connectivity index (χ3v) is 6.53. The minimum absolute atomic E-state index is 0.147. The fraction of sp³-hybridized carbons (Fsp3) is 0.294. The summed E-state index contributed by atoms with van der Waals surface area (Å²) in [6.07, 6.45) is 0. The Morgan fingerprint density at radius 3 is 2.68 bits per heavy atom. The van der Waals surface area contributed by atoms with Crippen LogP contribution in [0.5, 0.6) is 0 Å². The number of hydrogen-bond donors (Lipinski definition) is 1. The lowest BCUT2D eigenvalue weighted by molar-refractivity contribution is 0.103. The summed E-state index contributed by atoms with van der Waals surface area (Å²) < 4.78 is 1.74. The van der Waals surface area contributed by atoms with Crippen molar-refractivity contribution in [3.63, 3.8) is 0 Å². The van der Waals surface area contributed by atoms with Crippen LogP contribution >= 0.6 is 34.3 Å². The molecule has 8 heteroatoms. The first-order valence-corrected chi connectivity index (χ1v) is 10.0. The number of piperazine rings is 1. The molecule has 3 heterocycles. The average molecular weight is 393 g/mol. The molecule has 25 heavy (non-hydrogen) atoms. The Hall–Kier alpha value is -1.67. The number of thiophene rings is 1. The van der Waals surface area contributed by atoms with Gasteiger partial charge in [0.25, 0.3) is 5.91 Å². The zero-order valence-corrected chi connectivity index (χ0v) is 16.0. The van der Waals surface area contributed by atoms with Crippen LogP contribution in [0, 0.1) is 0 Å². The molecule has 0 bridgehead atoms. The Balaban J connectivity index is 1.53. The molecule has 5 nitrogen and oxygen atoms in total. The van der Waals surface area contributed by atoms with Gasteiger partial charge < -0.3 is 15.1 Å². The Bertz CT molecular complexity index is 914. The molecule has 0 atom stereocenters. The molecule has 1 aliphatic heterocycles. The Labute approximate surface area is 158 Å². The molecule has 0 saturated carbocycles. The van der Waals surface area contributed by atoms with E-state index in [-0.39, 0.29) is 5.91 Å². The van der Waals surface area contributed by atoms with Gasteiger partial charge in [-0.3, -0.25) is 4.79 Å². The molecule has 0 spiro atoms. The van der Waals surface area contributed by atoms with Crippen molar-refractivity contribution in [2.45, 2.75) is 0 Å². The fourth-order valence-electron chi connectivity index (χ4n) is 2.76. The van der Waals surface area contributed by atoms with Gasteiger partial charge in [0.2, 0.25) is 0 Å². The Kier molecular flexibility index (Phi) is 4.64. The molecule has 2 aromatic heterocycles. The highest BCUT2D eigenvalue weighted by molar-refractivity contribution is 7.22. The number of halogens is 1. The topological polar surface area (TPSA) is 48.5 Å². The molecule has 130 valence electrons. The van der Waals surface area contributed by atoms with E-state index in [4.69, 9.17) is 16.6 Å². The normalized spacial score (nSPS) is 15.7. The number of carbonyl (C=O) groups is 1.